The SMILES string of the molecule is OCCCCCCCCCCCSSCCO. The van der Waals surface area contributed by atoms with Gasteiger partial charge in [0.1, 0.15) is 0 Å². The van der Waals surface area contributed by atoms with E-state index in [-0.39, 0.29) is 0 Å². The van der Waals surface area contributed by atoms with E-state index in [1.54, 1.807) is 10.8 Å². The van der Waals surface area contributed by atoms with Gasteiger partial charge < -0.3 is 10.2 Å². The summed E-state index contributed by atoms with van der Waals surface area (Å²) < 4.78 is 0. The van der Waals surface area contributed by atoms with Crippen molar-refractivity contribution in [2.45, 2.75) is 57.8 Å². The highest BCUT2D eigenvalue weighted by Crippen LogP contribution is 2.22. The van der Waals surface area contributed by atoms with Crippen molar-refractivity contribution >= 4 is 21.6 Å². The molecule has 2 N–H and O–H groups in total. The largest absolute Gasteiger partial charge is 0.396 e. The molecule has 2 nitrogen and oxygen atoms in total. The van der Waals surface area contributed by atoms with Crippen LogP contribution in [0.1, 0.15) is 57.8 Å². The summed E-state index contributed by atoms with van der Waals surface area (Å²) in [7, 11) is 3.67. The predicted octanol–water partition coefficient (Wildman–Crippen LogP) is 3.86. The summed E-state index contributed by atoms with van der Waals surface area (Å²) in [5.74, 6) is 2.08. The van der Waals surface area contributed by atoms with Gasteiger partial charge in [0.05, 0.1) is 6.61 Å². The van der Waals surface area contributed by atoms with Gasteiger partial charge in [-0.25, -0.2) is 0 Å². The zero-order valence-electron chi connectivity index (χ0n) is 10.9. The molecule has 0 aliphatic rings. The summed E-state index contributed by atoms with van der Waals surface area (Å²) in [6, 6.07) is 0. The van der Waals surface area contributed by atoms with Crippen molar-refractivity contribution in [3.8, 4) is 0 Å². The summed E-state index contributed by atoms with van der Waals surface area (Å²) in [4.78, 5) is 0. The molecule has 4 heteroatoms. The summed E-state index contributed by atoms with van der Waals surface area (Å²) in [5, 5.41) is 17.2. The minimum atomic E-state index is 0.300. The Morgan fingerprint density at radius 1 is 0.471 bits per heavy atom. The highest BCUT2D eigenvalue weighted by atomic mass is 33.1. The lowest BCUT2D eigenvalue weighted by molar-refractivity contribution is 0.282. The molecule has 0 aromatic heterocycles. The third-order valence-electron chi connectivity index (χ3n) is 2.64. The lowest BCUT2D eigenvalue weighted by Crippen LogP contribution is -1.85. The minimum Gasteiger partial charge on any atom is -0.396 e. The summed E-state index contributed by atoms with van der Waals surface area (Å²) in [6.45, 7) is 0.653. The van der Waals surface area contributed by atoms with Gasteiger partial charge in [-0.3, -0.25) is 0 Å². The number of hydrogen-bond donors (Lipinski definition) is 2. The Hall–Kier alpha value is 0.620. The second-order valence-corrected chi connectivity index (χ2v) is 6.98. The number of rotatable bonds is 14. The molecule has 0 unspecified atom stereocenters. The van der Waals surface area contributed by atoms with E-state index in [1.165, 1.54) is 57.1 Å². The van der Waals surface area contributed by atoms with Gasteiger partial charge in [0.15, 0.2) is 0 Å². The lowest BCUT2D eigenvalue weighted by Gasteiger charge is -2.02. The van der Waals surface area contributed by atoms with E-state index >= 15 is 0 Å². The molecule has 0 atom stereocenters. The number of aliphatic hydroxyl groups is 2. The summed E-state index contributed by atoms with van der Waals surface area (Å²) in [5.41, 5.74) is 0. The van der Waals surface area contributed by atoms with E-state index in [0.29, 0.717) is 13.2 Å². The molecule has 0 saturated heterocycles. The van der Waals surface area contributed by atoms with Gasteiger partial charge in [-0.2, -0.15) is 0 Å². The van der Waals surface area contributed by atoms with Crippen molar-refractivity contribution in [2.75, 3.05) is 24.7 Å². The molecular weight excluding hydrogens is 252 g/mol. The van der Waals surface area contributed by atoms with E-state index in [4.69, 9.17) is 10.2 Å². The Kier molecular flexibility index (Phi) is 17.2. The molecule has 0 aliphatic carbocycles. The van der Waals surface area contributed by atoms with Crippen LogP contribution in [0.2, 0.25) is 0 Å². The van der Waals surface area contributed by atoms with Gasteiger partial charge >= 0.3 is 0 Å². The van der Waals surface area contributed by atoms with Gasteiger partial charge in [0, 0.05) is 18.1 Å². The highest BCUT2D eigenvalue weighted by molar-refractivity contribution is 8.76. The molecule has 0 fully saturated rings. The molecule has 0 aromatic carbocycles. The Morgan fingerprint density at radius 2 is 0.941 bits per heavy atom. The normalized spacial score (nSPS) is 10.9. The zero-order chi connectivity index (χ0) is 12.6. The molecule has 0 heterocycles. The van der Waals surface area contributed by atoms with Crippen LogP contribution in [0.5, 0.6) is 0 Å². The second-order valence-electron chi connectivity index (χ2n) is 4.27. The molecule has 0 bridgehead atoms. The fraction of sp³-hybridized carbons (Fsp3) is 1.00. The quantitative estimate of drug-likeness (QED) is 0.374. The maximum absolute atomic E-state index is 8.63. The first kappa shape index (κ1) is 17.6. The van der Waals surface area contributed by atoms with Crippen LogP contribution in [0.25, 0.3) is 0 Å². The molecular formula is C13H28O2S2. The van der Waals surface area contributed by atoms with Crippen molar-refractivity contribution in [3.05, 3.63) is 0 Å². The van der Waals surface area contributed by atoms with E-state index < -0.39 is 0 Å². The number of aliphatic hydroxyl groups excluding tert-OH is 2. The lowest BCUT2D eigenvalue weighted by atomic mass is 10.1. The first-order chi connectivity index (χ1) is 8.41. The van der Waals surface area contributed by atoms with Crippen LogP contribution in [0.4, 0.5) is 0 Å². The first-order valence-corrected chi connectivity index (χ1v) is 9.36. The Bertz CT molecular complexity index is 121. The summed E-state index contributed by atoms with van der Waals surface area (Å²) >= 11 is 0. The Labute approximate surface area is 114 Å². The summed E-state index contributed by atoms with van der Waals surface area (Å²) in [6.07, 6.45) is 11.5. The first-order valence-electron chi connectivity index (χ1n) is 6.88. The van der Waals surface area contributed by atoms with Gasteiger partial charge in [0.2, 0.25) is 0 Å². The van der Waals surface area contributed by atoms with Gasteiger partial charge in [-0.1, -0.05) is 66.5 Å². The third kappa shape index (κ3) is 16.6. The van der Waals surface area contributed by atoms with Gasteiger partial charge in [-0.15, -0.1) is 0 Å². The molecule has 0 spiro atoms. The van der Waals surface area contributed by atoms with E-state index in [9.17, 15) is 0 Å². The van der Waals surface area contributed by atoms with Crippen molar-refractivity contribution in [3.63, 3.8) is 0 Å². The van der Waals surface area contributed by atoms with Crippen molar-refractivity contribution in [1.29, 1.82) is 0 Å². The van der Waals surface area contributed by atoms with Gasteiger partial charge in [0.25, 0.3) is 0 Å². The fourth-order valence-electron chi connectivity index (χ4n) is 1.67. The third-order valence-corrected chi connectivity index (χ3v) is 5.11. The standard InChI is InChI=1S/C13H28O2S2/c14-10-8-6-4-2-1-3-5-7-9-12-16-17-13-11-15/h14-15H,1-13H2. The second kappa shape index (κ2) is 16.6. The van der Waals surface area contributed by atoms with Crippen LogP contribution in [-0.2, 0) is 0 Å². The molecule has 0 radical (unpaired) electrons. The molecule has 0 saturated carbocycles. The molecule has 0 rings (SSSR count). The fourth-order valence-corrected chi connectivity index (χ4v) is 3.58. The van der Waals surface area contributed by atoms with Crippen LogP contribution in [0, 0.1) is 0 Å². The predicted molar refractivity (Wildman–Crippen MR) is 80.6 cm³/mol. The highest BCUT2D eigenvalue weighted by Gasteiger charge is 1.93. The number of unbranched alkanes of at least 4 members (excludes halogenated alkanes) is 8. The molecule has 0 amide bonds. The van der Waals surface area contributed by atoms with Crippen LogP contribution in [-0.4, -0.2) is 34.9 Å². The van der Waals surface area contributed by atoms with Crippen molar-refractivity contribution in [1.82, 2.24) is 0 Å². The maximum Gasteiger partial charge on any atom is 0.0530 e. The van der Waals surface area contributed by atoms with E-state index in [2.05, 4.69) is 0 Å². The van der Waals surface area contributed by atoms with Crippen LogP contribution < -0.4 is 0 Å². The smallest absolute Gasteiger partial charge is 0.0530 e. The molecule has 104 valence electrons. The average molecular weight is 280 g/mol. The van der Waals surface area contributed by atoms with Crippen LogP contribution in [0.3, 0.4) is 0 Å². The van der Waals surface area contributed by atoms with Crippen LogP contribution >= 0.6 is 21.6 Å². The Morgan fingerprint density at radius 3 is 1.47 bits per heavy atom. The topological polar surface area (TPSA) is 40.5 Å². The molecule has 17 heavy (non-hydrogen) atoms. The van der Waals surface area contributed by atoms with Crippen LogP contribution in [0.15, 0.2) is 0 Å². The average Bonchev–Trinajstić information content (AvgIpc) is 2.35. The molecule has 0 aliphatic heterocycles. The Balaban J connectivity index is 2.85. The van der Waals surface area contributed by atoms with E-state index in [1.807, 2.05) is 10.8 Å². The van der Waals surface area contributed by atoms with Gasteiger partial charge in [-0.05, 0) is 12.8 Å². The van der Waals surface area contributed by atoms with E-state index in [0.717, 1.165) is 12.2 Å². The maximum atomic E-state index is 8.63. The van der Waals surface area contributed by atoms with Crippen molar-refractivity contribution < 1.29 is 10.2 Å². The zero-order valence-corrected chi connectivity index (χ0v) is 12.5. The monoisotopic (exact) mass is 280 g/mol. The van der Waals surface area contributed by atoms with Crippen molar-refractivity contribution in [2.24, 2.45) is 0 Å². The number of hydrogen-bond acceptors (Lipinski definition) is 4. The minimum absolute atomic E-state index is 0.300. The molecule has 0 aromatic rings.